The van der Waals surface area contributed by atoms with Gasteiger partial charge in [-0.25, -0.2) is 4.98 Å². The van der Waals surface area contributed by atoms with Gasteiger partial charge in [0.15, 0.2) is 6.10 Å². The maximum atomic E-state index is 12.7. The molecule has 0 spiro atoms. The second-order valence-corrected chi connectivity index (χ2v) is 6.93. The van der Waals surface area contributed by atoms with E-state index in [1.165, 1.54) is 0 Å². The van der Waals surface area contributed by atoms with Crippen molar-refractivity contribution in [3.8, 4) is 11.4 Å². The molecule has 0 saturated heterocycles. The van der Waals surface area contributed by atoms with Gasteiger partial charge in [-0.1, -0.05) is 54.6 Å². The van der Waals surface area contributed by atoms with E-state index in [4.69, 9.17) is 4.74 Å². The van der Waals surface area contributed by atoms with Crippen molar-refractivity contribution >= 4 is 16.7 Å². The standard InChI is InChI=1S/C24H23N3O2/c1-17(29-23-13-7-10-19-8-3-5-11-21(19)23)24(28)26-16-20-9-4-6-12-22(20)27-15-14-25-18(27)2/h3-15,17H,16H2,1-2H3,(H,26,28)/t17-/m1/s1. The summed E-state index contributed by atoms with van der Waals surface area (Å²) in [7, 11) is 0. The molecule has 29 heavy (non-hydrogen) atoms. The molecule has 0 bridgehead atoms. The number of nitrogens with one attached hydrogen (secondary N) is 1. The average molecular weight is 385 g/mol. The molecule has 146 valence electrons. The SMILES string of the molecule is Cc1nccn1-c1ccccc1CNC(=O)[C@@H](C)Oc1cccc2ccccc12. The fraction of sp³-hybridized carbons (Fsp3) is 0.167. The van der Waals surface area contributed by atoms with Crippen LogP contribution in [0.15, 0.2) is 79.1 Å². The number of amides is 1. The second-order valence-electron chi connectivity index (χ2n) is 6.93. The summed E-state index contributed by atoms with van der Waals surface area (Å²) in [5.74, 6) is 1.45. The number of carbonyl (C=O) groups excluding carboxylic acids is 1. The van der Waals surface area contributed by atoms with Crippen molar-refractivity contribution in [2.45, 2.75) is 26.5 Å². The van der Waals surface area contributed by atoms with Crippen LogP contribution in [0.2, 0.25) is 0 Å². The van der Waals surface area contributed by atoms with Crippen LogP contribution in [0.5, 0.6) is 5.75 Å². The molecule has 0 radical (unpaired) electrons. The number of nitrogens with zero attached hydrogens (tertiary/aromatic N) is 2. The van der Waals surface area contributed by atoms with E-state index in [1.54, 1.807) is 13.1 Å². The summed E-state index contributed by atoms with van der Waals surface area (Å²) in [6.45, 7) is 4.13. The number of aryl methyl sites for hydroxylation is 1. The zero-order valence-corrected chi connectivity index (χ0v) is 16.5. The Morgan fingerprint density at radius 2 is 1.83 bits per heavy atom. The largest absolute Gasteiger partial charge is 0.480 e. The van der Waals surface area contributed by atoms with E-state index in [1.807, 2.05) is 84.4 Å². The number of para-hydroxylation sites is 1. The fourth-order valence-corrected chi connectivity index (χ4v) is 3.40. The highest BCUT2D eigenvalue weighted by atomic mass is 16.5. The van der Waals surface area contributed by atoms with Crippen LogP contribution >= 0.6 is 0 Å². The molecule has 0 saturated carbocycles. The molecule has 5 nitrogen and oxygen atoms in total. The molecular weight excluding hydrogens is 362 g/mol. The minimum absolute atomic E-state index is 0.157. The van der Waals surface area contributed by atoms with Gasteiger partial charge in [-0.2, -0.15) is 0 Å². The summed E-state index contributed by atoms with van der Waals surface area (Å²) in [5.41, 5.74) is 2.02. The lowest BCUT2D eigenvalue weighted by atomic mass is 10.1. The third-order valence-electron chi connectivity index (χ3n) is 4.95. The van der Waals surface area contributed by atoms with E-state index in [2.05, 4.69) is 10.3 Å². The van der Waals surface area contributed by atoms with Crippen molar-refractivity contribution in [1.29, 1.82) is 0 Å². The average Bonchev–Trinajstić information content (AvgIpc) is 3.18. The van der Waals surface area contributed by atoms with Crippen LogP contribution in [0.3, 0.4) is 0 Å². The van der Waals surface area contributed by atoms with E-state index in [9.17, 15) is 4.79 Å². The van der Waals surface area contributed by atoms with Crippen LogP contribution in [0.25, 0.3) is 16.5 Å². The predicted octanol–water partition coefficient (Wildman–Crippen LogP) is 4.42. The monoisotopic (exact) mass is 385 g/mol. The Labute approximate surface area is 170 Å². The molecule has 4 rings (SSSR count). The molecule has 1 amide bonds. The molecule has 1 N–H and O–H groups in total. The lowest BCUT2D eigenvalue weighted by molar-refractivity contribution is -0.127. The number of benzene rings is 3. The molecule has 0 fully saturated rings. The van der Waals surface area contributed by atoms with E-state index in [-0.39, 0.29) is 5.91 Å². The summed E-state index contributed by atoms with van der Waals surface area (Å²) in [6.07, 6.45) is 3.08. The molecule has 1 atom stereocenters. The molecule has 1 heterocycles. The van der Waals surface area contributed by atoms with E-state index < -0.39 is 6.10 Å². The van der Waals surface area contributed by atoms with Gasteiger partial charge in [0.1, 0.15) is 11.6 Å². The van der Waals surface area contributed by atoms with Crippen molar-refractivity contribution < 1.29 is 9.53 Å². The van der Waals surface area contributed by atoms with Crippen LogP contribution < -0.4 is 10.1 Å². The molecule has 0 aliphatic rings. The first-order valence-electron chi connectivity index (χ1n) is 9.64. The highest BCUT2D eigenvalue weighted by Crippen LogP contribution is 2.26. The van der Waals surface area contributed by atoms with E-state index >= 15 is 0 Å². The lowest BCUT2D eigenvalue weighted by Crippen LogP contribution is -2.36. The van der Waals surface area contributed by atoms with Crippen LogP contribution in [-0.4, -0.2) is 21.6 Å². The minimum atomic E-state index is -0.608. The van der Waals surface area contributed by atoms with Gasteiger partial charge < -0.3 is 14.6 Å². The summed E-state index contributed by atoms with van der Waals surface area (Å²) < 4.78 is 7.98. The molecular formula is C24H23N3O2. The maximum Gasteiger partial charge on any atom is 0.261 e. The van der Waals surface area contributed by atoms with Gasteiger partial charge >= 0.3 is 0 Å². The Morgan fingerprint density at radius 3 is 2.66 bits per heavy atom. The van der Waals surface area contributed by atoms with Crippen molar-refractivity contribution in [1.82, 2.24) is 14.9 Å². The number of hydrogen-bond acceptors (Lipinski definition) is 3. The molecule has 0 unspecified atom stereocenters. The first kappa shape index (κ1) is 18.7. The number of aromatic nitrogens is 2. The predicted molar refractivity (Wildman–Crippen MR) is 114 cm³/mol. The molecule has 3 aromatic carbocycles. The minimum Gasteiger partial charge on any atom is -0.480 e. The Kier molecular flexibility index (Phi) is 5.29. The number of hydrogen-bond donors (Lipinski definition) is 1. The third kappa shape index (κ3) is 3.99. The summed E-state index contributed by atoms with van der Waals surface area (Å²) in [5, 5.41) is 5.07. The Bertz CT molecular complexity index is 1140. The van der Waals surface area contributed by atoms with Crippen LogP contribution in [0.1, 0.15) is 18.3 Å². The molecule has 1 aromatic heterocycles. The summed E-state index contributed by atoms with van der Waals surface area (Å²) >= 11 is 0. The second kappa shape index (κ2) is 8.19. The Morgan fingerprint density at radius 1 is 1.07 bits per heavy atom. The zero-order valence-electron chi connectivity index (χ0n) is 16.5. The van der Waals surface area contributed by atoms with Crippen LogP contribution in [0.4, 0.5) is 0 Å². The van der Waals surface area contributed by atoms with Crippen molar-refractivity contribution in [2.24, 2.45) is 0 Å². The third-order valence-corrected chi connectivity index (χ3v) is 4.95. The van der Waals surface area contributed by atoms with E-state index in [0.29, 0.717) is 12.3 Å². The molecule has 5 heteroatoms. The van der Waals surface area contributed by atoms with E-state index in [0.717, 1.165) is 27.8 Å². The van der Waals surface area contributed by atoms with Gasteiger partial charge in [-0.15, -0.1) is 0 Å². The number of fused-ring (bicyclic) bond motifs is 1. The highest BCUT2D eigenvalue weighted by Gasteiger charge is 2.16. The smallest absolute Gasteiger partial charge is 0.261 e. The van der Waals surface area contributed by atoms with Crippen LogP contribution in [0, 0.1) is 6.92 Å². The first-order valence-corrected chi connectivity index (χ1v) is 9.64. The van der Waals surface area contributed by atoms with Crippen molar-refractivity contribution in [2.75, 3.05) is 0 Å². The van der Waals surface area contributed by atoms with Crippen molar-refractivity contribution in [3.63, 3.8) is 0 Å². The molecule has 0 aliphatic carbocycles. The first-order chi connectivity index (χ1) is 14.1. The fourth-order valence-electron chi connectivity index (χ4n) is 3.40. The van der Waals surface area contributed by atoms with Gasteiger partial charge in [-0.05, 0) is 36.9 Å². The highest BCUT2D eigenvalue weighted by molar-refractivity contribution is 5.89. The molecule has 0 aliphatic heterocycles. The van der Waals surface area contributed by atoms with Gasteiger partial charge in [0.2, 0.25) is 0 Å². The van der Waals surface area contributed by atoms with Gasteiger partial charge in [0.05, 0.1) is 5.69 Å². The topological polar surface area (TPSA) is 56.2 Å². The Hall–Kier alpha value is -3.60. The zero-order chi connectivity index (χ0) is 20.2. The lowest BCUT2D eigenvalue weighted by Gasteiger charge is -2.17. The number of imidazole rings is 1. The van der Waals surface area contributed by atoms with Gasteiger partial charge in [0, 0.05) is 24.3 Å². The summed E-state index contributed by atoms with van der Waals surface area (Å²) in [6, 6.07) is 21.8. The number of rotatable bonds is 6. The maximum absolute atomic E-state index is 12.7. The van der Waals surface area contributed by atoms with Crippen molar-refractivity contribution in [3.05, 3.63) is 90.5 Å². The normalized spacial score (nSPS) is 11.9. The van der Waals surface area contributed by atoms with Gasteiger partial charge in [0.25, 0.3) is 5.91 Å². The van der Waals surface area contributed by atoms with Crippen LogP contribution in [-0.2, 0) is 11.3 Å². The Balaban J connectivity index is 1.46. The number of carbonyl (C=O) groups is 1. The quantitative estimate of drug-likeness (QED) is 0.535. The number of ether oxygens (including phenoxy) is 1. The molecule has 4 aromatic rings. The summed E-state index contributed by atoms with van der Waals surface area (Å²) in [4.78, 5) is 17.0. The van der Waals surface area contributed by atoms with Gasteiger partial charge in [-0.3, -0.25) is 4.79 Å².